The highest BCUT2D eigenvalue weighted by Gasteiger charge is 2.07. The van der Waals surface area contributed by atoms with E-state index in [1.54, 1.807) is 0 Å². The zero-order chi connectivity index (χ0) is 10.6. The van der Waals surface area contributed by atoms with E-state index in [-0.39, 0.29) is 6.04 Å². The Morgan fingerprint density at radius 3 is 2.64 bits per heavy atom. The Kier molecular flexibility index (Phi) is 4.15. The monoisotopic (exact) mass is 191 g/mol. The molecule has 0 heterocycles. The van der Waals surface area contributed by atoms with E-state index in [0.29, 0.717) is 0 Å². The fraction of sp³-hybridized carbons (Fsp3) is 0.538. The molecule has 0 aliphatic heterocycles. The van der Waals surface area contributed by atoms with Crippen LogP contribution in [-0.2, 0) is 0 Å². The van der Waals surface area contributed by atoms with E-state index < -0.39 is 0 Å². The third-order valence-electron chi connectivity index (χ3n) is 2.70. The molecule has 78 valence electrons. The summed E-state index contributed by atoms with van der Waals surface area (Å²) in [6.07, 6.45) is 3.54. The van der Waals surface area contributed by atoms with Crippen LogP contribution in [0.4, 0.5) is 0 Å². The van der Waals surface area contributed by atoms with Gasteiger partial charge in [-0.3, -0.25) is 0 Å². The standard InChI is InChI=1S/C13H21N/c1-4-5-6-13(14)12-9-10(2)7-8-11(12)3/h7-9,13H,4-6,14H2,1-3H3/t13-/m1/s1. The molecule has 2 N–H and O–H groups in total. The van der Waals surface area contributed by atoms with Gasteiger partial charge in [-0.25, -0.2) is 0 Å². The summed E-state index contributed by atoms with van der Waals surface area (Å²) in [7, 11) is 0. The van der Waals surface area contributed by atoms with Gasteiger partial charge in [0.1, 0.15) is 0 Å². The number of benzene rings is 1. The molecule has 1 heteroatoms. The van der Waals surface area contributed by atoms with Gasteiger partial charge in [-0.05, 0) is 31.4 Å². The predicted molar refractivity (Wildman–Crippen MR) is 62.4 cm³/mol. The van der Waals surface area contributed by atoms with Crippen LogP contribution in [0.25, 0.3) is 0 Å². The first-order valence-corrected chi connectivity index (χ1v) is 5.48. The van der Waals surface area contributed by atoms with Gasteiger partial charge in [-0.15, -0.1) is 0 Å². The van der Waals surface area contributed by atoms with Crippen molar-refractivity contribution < 1.29 is 0 Å². The van der Waals surface area contributed by atoms with Crippen LogP contribution in [0.15, 0.2) is 18.2 Å². The summed E-state index contributed by atoms with van der Waals surface area (Å²) in [6.45, 7) is 6.46. The minimum Gasteiger partial charge on any atom is -0.324 e. The highest BCUT2D eigenvalue weighted by atomic mass is 14.6. The second-order valence-electron chi connectivity index (χ2n) is 4.11. The SMILES string of the molecule is CCCC[C@@H](N)c1cc(C)ccc1C. The first kappa shape index (κ1) is 11.3. The minimum absolute atomic E-state index is 0.217. The van der Waals surface area contributed by atoms with Gasteiger partial charge < -0.3 is 5.73 Å². The van der Waals surface area contributed by atoms with E-state index in [2.05, 4.69) is 39.0 Å². The average molecular weight is 191 g/mol. The minimum atomic E-state index is 0.217. The second kappa shape index (κ2) is 5.16. The first-order valence-electron chi connectivity index (χ1n) is 5.48. The van der Waals surface area contributed by atoms with Crippen molar-refractivity contribution in [2.24, 2.45) is 5.73 Å². The number of hydrogen-bond donors (Lipinski definition) is 1. The van der Waals surface area contributed by atoms with Crippen molar-refractivity contribution in [3.8, 4) is 0 Å². The highest BCUT2D eigenvalue weighted by Crippen LogP contribution is 2.21. The topological polar surface area (TPSA) is 26.0 Å². The van der Waals surface area contributed by atoms with Crippen LogP contribution >= 0.6 is 0 Å². The van der Waals surface area contributed by atoms with Gasteiger partial charge in [0.2, 0.25) is 0 Å². The lowest BCUT2D eigenvalue weighted by Crippen LogP contribution is -2.11. The van der Waals surface area contributed by atoms with Crippen molar-refractivity contribution >= 4 is 0 Å². The molecule has 0 aliphatic rings. The molecule has 0 bridgehead atoms. The molecule has 0 radical (unpaired) electrons. The van der Waals surface area contributed by atoms with Crippen LogP contribution in [0, 0.1) is 13.8 Å². The molecule has 0 unspecified atom stereocenters. The van der Waals surface area contributed by atoms with Crippen LogP contribution in [0.3, 0.4) is 0 Å². The van der Waals surface area contributed by atoms with Crippen LogP contribution in [-0.4, -0.2) is 0 Å². The van der Waals surface area contributed by atoms with Gasteiger partial charge in [-0.1, -0.05) is 43.5 Å². The van der Waals surface area contributed by atoms with Crippen molar-refractivity contribution in [1.82, 2.24) is 0 Å². The zero-order valence-corrected chi connectivity index (χ0v) is 9.51. The van der Waals surface area contributed by atoms with Gasteiger partial charge in [0.15, 0.2) is 0 Å². The van der Waals surface area contributed by atoms with Crippen LogP contribution in [0.5, 0.6) is 0 Å². The van der Waals surface area contributed by atoms with Crippen LogP contribution in [0.1, 0.15) is 48.9 Å². The van der Waals surface area contributed by atoms with E-state index in [4.69, 9.17) is 5.73 Å². The molecule has 0 aliphatic carbocycles. The fourth-order valence-corrected chi connectivity index (χ4v) is 1.74. The smallest absolute Gasteiger partial charge is 0.0297 e. The maximum Gasteiger partial charge on any atom is 0.0297 e. The Balaban J connectivity index is 2.77. The highest BCUT2D eigenvalue weighted by molar-refractivity contribution is 5.32. The van der Waals surface area contributed by atoms with Crippen LogP contribution in [0.2, 0.25) is 0 Å². The lowest BCUT2D eigenvalue weighted by Gasteiger charge is -2.15. The van der Waals surface area contributed by atoms with Gasteiger partial charge in [0.25, 0.3) is 0 Å². The maximum absolute atomic E-state index is 6.15. The molecule has 0 aromatic heterocycles. The lowest BCUT2D eigenvalue weighted by molar-refractivity contribution is 0.600. The Morgan fingerprint density at radius 2 is 2.00 bits per heavy atom. The molecule has 1 atom stereocenters. The van der Waals surface area contributed by atoms with Crippen molar-refractivity contribution in [3.63, 3.8) is 0 Å². The predicted octanol–water partition coefficient (Wildman–Crippen LogP) is 3.49. The van der Waals surface area contributed by atoms with Gasteiger partial charge in [0.05, 0.1) is 0 Å². The van der Waals surface area contributed by atoms with E-state index >= 15 is 0 Å². The molecule has 1 nitrogen and oxygen atoms in total. The van der Waals surface area contributed by atoms with E-state index in [1.807, 2.05) is 0 Å². The average Bonchev–Trinajstić information content (AvgIpc) is 2.18. The Labute approximate surface area is 87.3 Å². The van der Waals surface area contributed by atoms with Gasteiger partial charge in [-0.2, -0.15) is 0 Å². The van der Waals surface area contributed by atoms with E-state index in [1.165, 1.54) is 29.5 Å². The molecule has 0 saturated carbocycles. The molecule has 14 heavy (non-hydrogen) atoms. The fourth-order valence-electron chi connectivity index (χ4n) is 1.74. The Bertz CT molecular complexity index is 291. The van der Waals surface area contributed by atoms with E-state index in [0.717, 1.165) is 6.42 Å². The molecule has 1 aromatic carbocycles. The van der Waals surface area contributed by atoms with Gasteiger partial charge in [0, 0.05) is 6.04 Å². The summed E-state index contributed by atoms with van der Waals surface area (Å²) in [5.41, 5.74) is 10.1. The largest absolute Gasteiger partial charge is 0.324 e. The lowest BCUT2D eigenvalue weighted by atomic mass is 9.96. The normalized spacial score (nSPS) is 12.9. The van der Waals surface area contributed by atoms with Crippen molar-refractivity contribution in [2.45, 2.75) is 46.1 Å². The van der Waals surface area contributed by atoms with Gasteiger partial charge >= 0.3 is 0 Å². The third-order valence-corrected chi connectivity index (χ3v) is 2.70. The maximum atomic E-state index is 6.15. The summed E-state index contributed by atoms with van der Waals surface area (Å²) >= 11 is 0. The zero-order valence-electron chi connectivity index (χ0n) is 9.51. The summed E-state index contributed by atoms with van der Waals surface area (Å²) < 4.78 is 0. The van der Waals surface area contributed by atoms with Crippen molar-refractivity contribution in [2.75, 3.05) is 0 Å². The summed E-state index contributed by atoms with van der Waals surface area (Å²) in [6, 6.07) is 6.74. The number of rotatable bonds is 4. The molecule has 1 rings (SSSR count). The third kappa shape index (κ3) is 2.85. The molecule has 1 aromatic rings. The molecular weight excluding hydrogens is 170 g/mol. The first-order chi connectivity index (χ1) is 6.65. The van der Waals surface area contributed by atoms with Crippen molar-refractivity contribution in [1.29, 1.82) is 0 Å². The molecule has 0 spiro atoms. The van der Waals surface area contributed by atoms with Crippen LogP contribution < -0.4 is 5.73 Å². The summed E-state index contributed by atoms with van der Waals surface area (Å²) in [5, 5.41) is 0. The molecule has 0 saturated heterocycles. The summed E-state index contributed by atoms with van der Waals surface area (Å²) in [4.78, 5) is 0. The number of aryl methyl sites for hydroxylation is 2. The quantitative estimate of drug-likeness (QED) is 0.774. The molecular formula is C13H21N. The molecule has 0 amide bonds. The second-order valence-corrected chi connectivity index (χ2v) is 4.11. The molecule has 0 fully saturated rings. The summed E-state index contributed by atoms with van der Waals surface area (Å²) in [5.74, 6) is 0. The number of nitrogens with two attached hydrogens (primary N) is 1. The van der Waals surface area contributed by atoms with E-state index in [9.17, 15) is 0 Å². The number of unbranched alkanes of at least 4 members (excludes halogenated alkanes) is 1. The number of hydrogen-bond acceptors (Lipinski definition) is 1. The Hall–Kier alpha value is -0.820. The van der Waals surface area contributed by atoms with Crippen molar-refractivity contribution in [3.05, 3.63) is 34.9 Å². The Morgan fingerprint density at radius 1 is 1.29 bits per heavy atom.